The molecule has 0 spiro atoms. The molecule has 9 aromatic carbocycles. The van der Waals surface area contributed by atoms with Gasteiger partial charge in [-0.25, -0.2) is 0 Å². The first-order valence-electron chi connectivity index (χ1n) is 29.8. The Labute approximate surface area is 475 Å². The number of piperidine rings is 2. The maximum absolute atomic E-state index is 4.64. The summed E-state index contributed by atoms with van der Waals surface area (Å²) in [6, 6.07) is 82.3. The summed E-state index contributed by atoms with van der Waals surface area (Å²) in [6.45, 7) is 14.2. The monoisotopic (exact) mass is 1040 g/mol. The number of hydrogen-bond donors (Lipinski definition) is 0. The molecule has 2 saturated carbocycles. The van der Waals surface area contributed by atoms with E-state index in [9.17, 15) is 0 Å². The van der Waals surface area contributed by atoms with Crippen LogP contribution in [-0.4, -0.2) is 24.3 Å². The summed E-state index contributed by atoms with van der Waals surface area (Å²) in [5, 5.41) is 0. The molecule has 0 amide bonds. The van der Waals surface area contributed by atoms with Crippen molar-refractivity contribution in [2.75, 3.05) is 14.7 Å². The van der Waals surface area contributed by atoms with Crippen LogP contribution in [0.25, 0.3) is 50.1 Å². The first-order valence-corrected chi connectivity index (χ1v) is 29.8. The average Bonchev–Trinajstić information content (AvgIpc) is 3.58. The zero-order valence-electron chi connectivity index (χ0n) is 46.8. The highest BCUT2D eigenvalue weighted by Crippen LogP contribution is 2.60. The van der Waals surface area contributed by atoms with Crippen LogP contribution in [0.3, 0.4) is 0 Å². The molecule has 9 aromatic rings. The lowest BCUT2D eigenvalue weighted by molar-refractivity contribution is 0.0900. The van der Waals surface area contributed by atoms with Gasteiger partial charge in [-0.3, -0.25) is 0 Å². The first-order chi connectivity index (χ1) is 39.2. The van der Waals surface area contributed by atoms with Gasteiger partial charge in [0.1, 0.15) is 0 Å². The summed E-state index contributed by atoms with van der Waals surface area (Å²) in [5.74, 6) is 2.02. The minimum Gasteiger partial charge on any atom is -0.365 e. The number of anilines is 6. The molecule has 4 fully saturated rings. The normalized spacial score (nSPS) is 22.1. The van der Waals surface area contributed by atoms with Crippen molar-refractivity contribution in [3.63, 3.8) is 0 Å². The standard InChI is InChI=1S/C76H70BN3/c1-6-37-76(59(7-2)46-66(76)56-31-21-12-22-32-56)80-70-49-61(78-62-39-50-38-51(41-62)42-63(78)40-50)34-35-67(70)77-68-45-57(52-23-13-8-14-24-52)33-36-69(68)79(71-47-60(75(3,4)5)48-72(80)73(71)77)74-64(54-27-17-10-18-28-54)43-58(53-25-15-9-16-26-53)44-65(74)55-29-19-11-20-30-55/h6,8-36,43-51,59,62-63H,1,7,37-42H2,2-5H3/t50?,51?,59-,62?,63?,76?/m1/s1. The molecule has 3 nitrogen and oxygen atoms in total. The second kappa shape index (κ2) is 19.0. The van der Waals surface area contributed by atoms with E-state index in [4.69, 9.17) is 0 Å². The van der Waals surface area contributed by atoms with E-state index < -0.39 is 5.54 Å². The number of fused-ring (bicyclic) bond motifs is 4. The summed E-state index contributed by atoms with van der Waals surface area (Å²) >= 11 is 0. The van der Waals surface area contributed by atoms with E-state index in [1.54, 1.807) is 0 Å². The van der Waals surface area contributed by atoms with Crippen LogP contribution < -0.4 is 31.1 Å². The molecule has 16 rings (SSSR count). The van der Waals surface area contributed by atoms with Gasteiger partial charge in [0.05, 0.1) is 11.2 Å². The van der Waals surface area contributed by atoms with Gasteiger partial charge in [-0.15, -0.1) is 6.58 Å². The third kappa shape index (κ3) is 7.68. The number of rotatable bonds is 11. The van der Waals surface area contributed by atoms with Crippen molar-refractivity contribution in [1.82, 2.24) is 0 Å². The van der Waals surface area contributed by atoms with Crippen LogP contribution in [0.15, 0.2) is 231 Å². The van der Waals surface area contributed by atoms with Gasteiger partial charge in [-0.1, -0.05) is 210 Å². The van der Waals surface area contributed by atoms with Crippen LogP contribution in [0, 0.1) is 17.8 Å². The lowest BCUT2D eigenvalue weighted by atomic mass is 9.33. The molecule has 2 saturated heterocycles. The van der Waals surface area contributed by atoms with E-state index in [0.717, 1.165) is 24.7 Å². The molecule has 4 heteroatoms. The third-order valence-electron chi connectivity index (χ3n) is 19.6. The van der Waals surface area contributed by atoms with Crippen LogP contribution in [-0.2, 0) is 5.41 Å². The molecule has 4 heterocycles. The topological polar surface area (TPSA) is 9.72 Å². The fourth-order valence-electron chi connectivity index (χ4n) is 16.2. The molecule has 80 heavy (non-hydrogen) atoms. The van der Waals surface area contributed by atoms with Crippen LogP contribution in [0.4, 0.5) is 34.1 Å². The summed E-state index contributed by atoms with van der Waals surface area (Å²) in [6.07, 6.45) is 13.4. The highest BCUT2D eigenvalue weighted by molar-refractivity contribution is 7.00. The SMILES string of the molecule is C=CCC1(N2c3cc(N4C5CC6CC(C5)CC4C6)ccc3B3c4cc(-c5ccccc5)ccc4N(c4c(-c5ccccc5)cc(-c5ccccc5)cc4-c4ccccc4)c4cc(C(C)(C)C)cc2c43)C(c2ccccc2)=C[C@H]1CC. The predicted molar refractivity (Wildman–Crippen MR) is 341 cm³/mol. The van der Waals surface area contributed by atoms with Crippen molar-refractivity contribution >= 4 is 62.8 Å². The minimum atomic E-state index is -0.418. The number of hydrogen-bond acceptors (Lipinski definition) is 3. The number of nitrogens with zero attached hydrogens (tertiary/aromatic N) is 3. The van der Waals surface area contributed by atoms with E-state index >= 15 is 0 Å². The van der Waals surface area contributed by atoms with Gasteiger partial charge in [0, 0.05) is 57.6 Å². The molecule has 7 aliphatic rings. The van der Waals surface area contributed by atoms with Crippen molar-refractivity contribution in [3.8, 4) is 44.5 Å². The molecule has 2 atom stereocenters. The maximum atomic E-state index is 4.64. The fourth-order valence-corrected chi connectivity index (χ4v) is 16.2. The van der Waals surface area contributed by atoms with Crippen molar-refractivity contribution in [2.45, 2.75) is 95.7 Å². The highest BCUT2D eigenvalue weighted by atomic mass is 15.3. The summed E-state index contributed by atoms with van der Waals surface area (Å²) < 4.78 is 0. The van der Waals surface area contributed by atoms with Crippen LogP contribution in [0.5, 0.6) is 0 Å². The zero-order valence-corrected chi connectivity index (χ0v) is 46.8. The highest BCUT2D eigenvalue weighted by Gasteiger charge is 2.57. The van der Waals surface area contributed by atoms with E-state index in [1.807, 2.05) is 0 Å². The van der Waals surface area contributed by atoms with Crippen molar-refractivity contribution in [1.29, 1.82) is 0 Å². The first kappa shape index (κ1) is 49.0. The molecule has 1 unspecified atom stereocenters. The molecule has 4 aliphatic heterocycles. The Morgan fingerprint density at radius 1 is 0.512 bits per heavy atom. The lowest BCUT2D eigenvalue weighted by Crippen LogP contribution is -2.67. The van der Waals surface area contributed by atoms with E-state index in [1.165, 1.54) is 144 Å². The van der Waals surface area contributed by atoms with Crippen molar-refractivity contribution < 1.29 is 0 Å². The molecule has 0 aromatic heterocycles. The molecule has 3 aliphatic carbocycles. The Balaban J connectivity index is 1.08. The quantitative estimate of drug-likeness (QED) is 0.0944. The number of benzene rings is 9. The summed E-state index contributed by atoms with van der Waals surface area (Å²) in [4.78, 5) is 8.56. The van der Waals surface area contributed by atoms with Gasteiger partial charge in [0.2, 0.25) is 0 Å². The largest absolute Gasteiger partial charge is 0.365 e. The second-order valence-electron chi connectivity index (χ2n) is 25.2. The van der Waals surface area contributed by atoms with Gasteiger partial charge in [-0.2, -0.15) is 0 Å². The Kier molecular flexibility index (Phi) is 11.7. The maximum Gasteiger partial charge on any atom is 0.252 e. The van der Waals surface area contributed by atoms with Gasteiger partial charge >= 0.3 is 0 Å². The second-order valence-corrected chi connectivity index (χ2v) is 25.2. The van der Waals surface area contributed by atoms with Gasteiger partial charge in [0.25, 0.3) is 6.71 Å². The van der Waals surface area contributed by atoms with E-state index in [-0.39, 0.29) is 18.0 Å². The third-order valence-corrected chi connectivity index (χ3v) is 19.6. The summed E-state index contributed by atoms with van der Waals surface area (Å²) in [7, 11) is 0. The lowest BCUT2D eigenvalue weighted by Gasteiger charge is -2.60. The van der Waals surface area contributed by atoms with Gasteiger partial charge in [-0.05, 0) is 171 Å². The fraction of sp³-hybridized carbons (Fsp3) is 0.237. The molecular formula is C76H70BN3. The molecule has 0 radical (unpaired) electrons. The van der Waals surface area contributed by atoms with Gasteiger partial charge in [0.15, 0.2) is 0 Å². The zero-order chi connectivity index (χ0) is 53.9. The van der Waals surface area contributed by atoms with Crippen LogP contribution >= 0.6 is 0 Å². The predicted octanol–water partition coefficient (Wildman–Crippen LogP) is 17.6. The Hall–Kier alpha value is -8.08. The smallest absolute Gasteiger partial charge is 0.252 e. The Bertz CT molecular complexity index is 3790. The Morgan fingerprint density at radius 2 is 1.05 bits per heavy atom. The van der Waals surface area contributed by atoms with Crippen molar-refractivity contribution in [2.24, 2.45) is 17.8 Å². The van der Waals surface area contributed by atoms with E-state index in [2.05, 4.69) is 273 Å². The van der Waals surface area contributed by atoms with Crippen LogP contribution in [0.1, 0.15) is 83.8 Å². The molecule has 4 bridgehead atoms. The van der Waals surface area contributed by atoms with Crippen LogP contribution in [0.2, 0.25) is 0 Å². The van der Waals surface area contributed by atoms with Crippen molar-refractivity contribution in [3.05, 3.63) is 242 Å². The summed E-state index contributed by atoms with van der Waals surface area (Å²) in [5.41, 5.74) is 24.8. The van der Waals surface area contributed by atoms with Gasteiger partial charge < -0.3 is 14.7 Å². The average molecular weight is 1040 g/mol. The minimum absolute atomic E-state index is 0.0632. The molecular weight excluding hydrogens is 966 g/mol. The Morgan fingerprint density at radius 3 is 1.60 bits per heavy atom. The molecule has 392 valence electrons. The molecule has 0 N–H and O–H groups in total. The van der Waals surface area contributed by atoms with E-state index in [0.29, 0.717) is 12.1 Å².